The van der Waals surface area contributed by atoms with Crippen LogP contribution in [0.5, 0.6) is 5.75 Å². The number of aromatic hydroxyl groups is 1. The summed E-state index contributed by atoms with van der Waals surface area (Å²) in [5, 5.41) is 11.2. The van der Waals surface area contributed by atoms with Crippen LogP contribution in [-0.2, 0) is 25.1 Å². The number of ether oxygens (including phenoxy) is 2. The molecule has 4 aromatic rings. The van der Waals surface area contributed by atoms with Crippen LogP contribution in [0.2, 0.25) is 0 Å². The number of carbonyl (C=O) groups excluding carboxylic acids is 2. The van der Waals surface area contributed by atoms with Gasteiger partial charge < -0.3 is 14.6 Å². The zero-order chi connectivity index (χ0) is 25.0. The molecule has 1 N–H and O–H groups in total. The standard InChI is InChI=1S/C26H31N3O5/c1-8-22(30)33-11-12-34-24(32)16-9-10-19-20(13-16)28-27(19)29(28)21-15-17(25(2,3)4)14-18(23(21)31)26(5,6)7/h8-10,13-15,31H,1,11-12H2,2-7H3. The van der Waals surface area contributed by atoms with E-state index >= 15 is 0 Å². The van der Waals surface area contributed by atoms with Gasteiger partial charge in [-0.3, -0.25) is 0 Å². The van der Waals surface area contributed by atoms with Crippen LogP contribution in [0.25, 0.3) is 16.7 Å². The van der Waals surface area contributed by atoms with E-state index < -0.39 is 11.9 Å². The summed E-state index contributed by atoms with van der Waals surface area (Å²) in [5.74, 6) is -0.821. The number of rotatable bonds is 6. The average Bonchev–Trinajstić information content (AvgIpc) is 3.41. The molecule has 0 atom stereocenters. The van der Waals surface area contributed by atoms with Crippen LogP contribution in [0.4, 0.5) is 0 Å². The third kappa shape index (κ3) is 4.04. The Kier molecular flexibility index (Phi) is 5.50. The molecule has 0 radical (unpaired) electrons. The van der Waals surface area contributed by atoms with Gasteiger partial charge in [0.05, 0.1) is 5.56 Å². The number of hydrogen-bond donors (Lipinski definition) is 1. The Morgan fingerprint density at radius 1 is 0.941 bits per heavy atom. The first-order valence-electron chi connectivity index (χ1n) is 11.2. The molecule has 0 spiro atoms. The fraction of sp³-hybridized carbons (Fsp3) is 0.385. The van der Waals surface area contributed by atoms with Crippen LogP contribution in [0, 0.1) is 0 Å². The Hall–Kier alpha value is -3.68. The minimum atomic E-state index is -0.563. The number of phenols is 1. The van der Waals surface area contributed by atoms with Crippen molar-refractivity contribution in [3.05, 3.63) is 59.7 Å². The lowest BCUT2D eigenvalue weighted by Gasteiger charge is -2.26. The summed E-state index contributed by atoms with van der Waals surface area (Å²) in [6, 6.07) is 9.39. The molecule has 2 aromatic carbocycles. The second-order valence-corrected chi connectivity index (χ2v) is 10.5. The molecule has 0 aliphatic rings. The van der Waals surface area contributed by atoms with Crippen molar-refractivity contribution in [1.29, 1.82) is 0 Å². The van der Waals surface area contributed by atoms with Gasteiger partial charge in [-0.15, -0.1) is 14.1 Å². The lowest BCUT2D eigenvalue weighted by atomic mass is 9.80. The number of benzene rings is 2. The minimum absolute atomic E-state index is 0.0330. The number of carbonyl (C=O) groups is 2. The summed E-state index contributed by atoms with van der Waals surface area (Å²) in [7, 11) is 0. The van der Waals surface area contributed by atoms with Gasteiger partial charge in [-0.25, -0.2) is 9.59 Å². The second kappa shape index (κ2) is 7.97. The van der Waals surface area contributed by atoms with Crippen LogP contribution in [-0.4, -0.2) is 44.3 Å². The van der Waals surface area contributed by atoms with Crippen molar-refractivity contribution in [2.45, 2.75) is 52.4 Å². The Bertz CT molecular complexity index is 1390. The van der Waals surface area contributed by atoms with Crippen LogP contribution in [0.15, 0.2) is 43.0 Å². The Morgan fingerprint density at radius 2 is 1.59 bits per heavy atom. The predicted molar refractivity (Wildman–Crippen MR) is 129 cm³/mol. The summed E-state index contributed by atoms with van der Waals surface area (Å²) in [5.41, 5.74) is 4.54. The van der Waals surface area contributed by atoms with E-state index in [9.17, 15) is 14.7 Å². The fourth-order valence-corrected chi connectivity index (χ4v) is 3.87. The minimum Gasteiger partial charge on any atom is -0.505 e. The van der Waals surface area contributed by atoms with Crippen LogP contribution in [0.1, 0.15) is 63.0 Å². The molecular formula is C26H31N3O5. The van der Waals surface area contributed by atoms with E-state index in [1.165, 1.54) is 0 Å². The maximum Gasteiger partial charge on any atom is 0.338 e. The summed E-state index contributed by atoms with van der Waals surface area (Å²) < 4.78 is 13.8. The molecule has 8 heteroatoms. The van der Waals surface area contributed by atoms with Gasteiger partial charge in [-0.1, -0.05) is 54.2 Å². The molecule has 180 valence electrons. The van der Waals surface area contributed by atoms with E-state index in [1.54, 1.807) is 12.1 Å². The van der Waals surface area contributed by atoms with Gasteiger partial charge in [0.2, 0.25) is 0 Å². The Labute approximate surface area is 198 Å². The largest absolute Gasteiger partial charge is 0.505 e. The number of hydrogen-bond acceptors (Lipinski definition) is 5. The van der Waals surface area contributed by atoms with Crippen molar-refractivity contribution in [1.82, 2.24) is 14.1 Å². The first-order valence-corrected chi connectivity index (χ1v) is 11.2. The maximum absolute atomic E-state index is 12.4. The lowest BCUT2D eigenvalue weighted by molar-refractivity contribution is -0.138. The number of fused-ring (bicyclic) bond motifs is 4. The highest BCUT2D eigenvalue weighted by atomic mass is 16.6. The van der Waals surface area contributed by atoms with Gasteiger partial charge in [0, 0.05) is 11.6 Å². The molecule has 2 heterocycles. The van der Waals surface area contributed by atoms with Crippen LogP contribution >= 0.6 is 0 Å². The first kappa shape index (κ1) is 23.5. The van der Waals surface area contributed by atoms with Gasteiger partial charge in [0.1, 0.15) is 35.7 Å². The van der Waals surface area contributed by atoms with Crippen molar-refractivity contribution >= 4 is 23.0 Å². The van der Waals surface area contributed by atoms with E-state index in [1.807, 2.05) is 26.2 Å². The number of phenolic OH excluding ortho intramolecular Hbond substituents is 1. The molecule has 2 aromatic heterocycles. The first-order chi connectivity index (χ1) is 15.8. The van der Waals surface area contributed by atoms with E-state index in [-0.39, 0.29) is 29.8 Å². The molecule has 0 unspecified atom stereocenters. The van der Waals surface area contributed by atoms with Crippen molar-refractivity contribution in [2.24, 2.45) is 0 Å². The SMILES string of the molecule is C=CC(=O)OCCOC(=O)c1ccc2c(c1)n1n(-c3cc(C(C)(C)C)cc(C(C)(C)C)c3O)n21. The zero-order valence-corrected chi connectivity index (χ0v) is 20.5. The molecular weight excluding hydrogens is 434 g/mol. The molecule has 0 saturated heterocycles. The third-order valence-corrected chi connectivity index (χ3v) is 5.86. The normalized spacial score (nSPS) is 12.5. The number of nitrogens with zero attached hydrogens (tertiary/aromatic N) is 3. The highest BCUT2D eigenvalue weighted by Gasteiger charge is 2.31. The predicted octanol–water partition coefficient (Wildman–Crippen LogP) is 4.61. The Morgan fingerprint density at radius 3 is 2.21 bits per heavy atom. The van der Waals surface area contributed by atoms with E-state index in [0.717, 1.165) is 28.2 Å². The van der Waals surface area contributed by atoms with Gasteiger partial charge in [-0.2, -0.15) is 0 Å². The molecule has 8 nitrogen and oxygen atoms in total. The van der Waals surface area contributed by atoms with Gasteiger partial charge in [0.15, 0.2) is 0 Å². The van der Waals surface area contributed by atoms with Gasteiger partial charge >= 0.3 is 11.9 Å². The monoisotopic (exact) mass is 465 g/mol. The molecule has 34 heavy (non-hydrogen) atoms. The Balaban J connectivity index is 1.65. The van der Waals surface area contributed by atoms with Crippen molar-refractivity contribution in [2.75, 3.05) is 13.2 Å². The topological polar surface area (TPSA) is 86.6 Å². The summed E-state index contributed by atoms with van der Waals surface area (Å²) >= 11 is 0. The summed E-state index contributed by atoms with van der Waals surface area (Å²) in [6.45, 7) is 15.9. The quantitative estimate of drug-likeness (QED) is 0.255. The highest BCUT2D eigenvalue weighted by molar-refractivity contribution is 5.94. The highest BCUT2D eigenvalue weighted by Crippen LogP contribution is 2.41. The summed E-state index contributed by atoms with van der Waals surface area (Å²) in [4.78, 5) is 25.4. The van der Waals surface area contributed by atoms with Gasteiger partial charge in [0.25, 0.3) is 0 Å². The van der Waals surface area contributed by atoms with Gasteiger partial charge in [-0.05, 0) is 40.7 Å². The van der Waals surface area contributed by atoms with Crippen LogP contribution < -0.4 is 0 Å². The smallest absolute Gasteiger partial charge is 0.338 e. The maximum atomic E-state index is 12.4. The fourth-order valence-electron chi connectivity index (χ4n) is 3.87. The van der Waals surface area contributed by atoms with Crippen molar-refractivity contribution in [3.8, 4) is 11.4 Å². The zero-order valence-electron chi connectivity index (χ0n) is 20.5. The molecule has 0 amide bonds. The molecule has 0 fully saturated rings. The average molecular weight is 466 g/mol. The van der Waals surface area contributed by atoms with E-state index in [2.05, 4.69) is 54.2 Å². The molecule has 0 aliphatic carbocycles. The van der Waals surface area contributed by atoms with Crippen LogP contribution in [0.3, 0.4) is 0 Å². The number of aromatic nitrogens is 3. The second-order valence-electron chi connectivity index (χ2n) is 10.5. The van der Waals surface area contributed by atoms with E-state index in [0.29, 0.717) is 11.3 Å². The molecule has 0 saturated carbocycles. The third-order valence-electron chi connectivity index (χ3n) is 5.86. The lowest BCUT2D eigenvalue weighted by Crippen LogP contribution is -2.17. The van der Waals surface area contributed by atoms with Crippen molar-refractivity contribution < 1.29 is 24.2 Å². The molecule has 4 rings (SSSR count). The molecule has 0 bridgehead atoms. The number of esters is 2. The summed E-state index contributed by atoms with van der Waals surface area (Å²) in [6.07, 6.45) is 1.06. The van der Waals surface area contributed by atoms with Crippen molar-refractivity contribution in [3.63, 3.8) is 0 Å². The van der Waals surface area contributed by atoms with E-state index in [4.69, 9.17) is 9.47 Å². The molecule has 0 aliphatic heterocycles.